The number of nitrogens with zero attached hydrogens (tertiary/aromatic N) is 2. The third-order valence-corrected chi connectivity index (χ3v) is 11.4. The minimum atomic E-state index is -0.896. The lowest BCUT2D eigenvalue weighted by molar-refractivity contribution is -0.156. The van der Waals surface area contributed by atoms with Crippen molar-refractivity contribution in [2.24, 2.45) is 11.8 Å². The molecular formula is C34H39ClN2O5S. The molecule has 6 atom stereocenters. The van der Waals surface area contributed by atoms with Crippen molar-refractivity contribution in [1.29, 1.82) is 0 Å². The first-order valence-electron chi connectivity index (χ1n) is 14.8. The van der Waals surface area contributed by atoms with Gasteiger partial charge in [-0.15, -0.1) is 24.9 Å². The molecule has 5 rings (SSSR count). The van der Waals surface area contributed by atoms with E-state index >= 15 is 0 Å². The van der Waals surface area contributed by atoms with E-state index in [1.165, 1.54) is 0 Å². The Balaban J connectivity index is 1.58. The Bertz CT molecular complexity index is 1370. The van der Waals surface area contributed by atoms with Gasteiger partial charge in [0, 0.05) is 22.0 Å². The van der Waals surface area contributed by atoms with Gasteiger partial charge in [-0.25, -0.2) is 0 Å². The maximum atomic E-state index is 14.8. The van der Waals surface area contributed by atoms with Crippen LogP contribution in [0.5, 0.6) is 0 Å². The van der Waals surface area contributed by atoms with Crippen LogP contribution in [0, 0.1) is 11.8 Å². The molecular weight excluding hydrogens is 584 g/mol. The molecule has 2 bridgehead atoms. The fourth-order valence-electron chi connectivity index (χ4n) is 7.24. The van der Waals surface area contributed by atoms with Crippen LogP contribution in [0.2, 0.25) is 5.02 Å². The summed E-state index contributed by atoms with van der Waals surface area (Å²) in [5.41, 5.74) is 1.57. The molecule has 0 aromatic heterocycles. The number of aliphatic hydroxyl groups excluding tert-OH is 1. The van der Waals surface area contributed by atoms with E-state index in [1.807, 2.05) is 37.3 Å². The van der Waals surface area contributed by atoms with Crippen LogP contribution in [0.25, 0.3) is 0 Å². The molecule has 2 aromatic rings. The molecule has 1 spiro atoms. The molecule has 0 radical (unpaired) electrons. The van der Waals surface area contributed by atoms with Crippen molar-refractivity contribution >= 4 is 46.8 Å². The van der Waals surface area contributed by atoms with E-state index in [4.69, 9.17) is 16.3 Å². The molecule has 3 aliphatic rings. The van der Waals surface area contributed by atoms with Crippen molar-refractivity contribution in [1.82, 2.24) is 4.90 Å². The van der Waals surface area contributed by atoms with Crippen LogP contribution in [-0.2, 0) is 25.5 Å². The van der Waals surface area contributed by atoms with E-state index < -0.39 is 39.4 Å². The quantitative estimate of drug-likeness (QED) is 0.182. The Morgan fingerprint density at radius 1 is 1.16 bits per heavy atom. The van der Waals surface area contributed by atoms with Gasteiger partial charge in [-0.3, -0.25) is 14.4 Å². The van der Waals surface area contributed by atoms with Gasteiger partial charge in [-0.2, -0.15) is 0 Å². The molecule has 3 fully saturated rings. The summed E-state index contributed by atoms with van der Waals surface area (Å²) in [6.45, 7) is 9.77. The number of carbonyl (C=O) groups excluding carboxylic acids is 3. The number of halogens is 1. The Kier molecular flexibility index (Phi) is 9.40. The van der Waals surface area contributed by atoms with Crippen molar-refractivity contribution in [3.8, 4) is 0 Å². The van der Waals surface area contributed by atoms with Crippen LogP contribution in [0.1, 0.15) is 38.2 Å². The number of anilines is 1. The van der Waals surface area contributed by atoms with Gasteiger partial charge in [0.25, 0.3) is 5.91 Å². The minimum absolute atomic E-state index is 0.221. The number of allylic oxidation sites excluding steroid dienone is 1. The fourth-order valence-corrected chi connectivity index (χ4v) is 9.69. The second kappa shape index (κ2) is 12.9. The number of fused-ring (bicyclic) bond motifs is 1. The number of hydrogen-bond acceptors (Lipinski definition) is 6. The van der Waals surface area contributed by atoms with E-state index in [0.29, 0.717) is 36.4 Å². The topological polar surface area (TPSA) is 87.1 Å². The summed E-state index contributed by atoms with van der Waals surface area (Å²) in [7, 11) is 0. The molecule has 9 heteroatoms. The van der Waals surface area contributed by atoms with Gasteiger partial charge in [0.2, 0.25) is 5.91 Å². The van der Waals surface area contributed by atoms with Crippen LogP contribution < -0.4 is 4.90 Å². The summed E-state index contributed by atoms with van der Waals surface area (Å²) in [6, 6.07) is 15.1. The SMILES string of the molecule is C=CCCCOC(=O)[C@H]1[C@H]2C(=O)N([C@@H](CO)Cc3ccccc3)C(C(=O)N(CC=C)c3ccc(Cl)cc3)C23CC[C@]1(C)S3. The van der Waals surface area contributed by atoms with Gasteiger partial charge >= 0.3 is 5.97 Å². The zero-order chi connectivity index (χ0) is 30.8. The molecule has 1 N–H and O–H groups in total. The highest BCUT2D eigenvalue weighted by atomic mass is 35.5. The average molecular weight is 623 g/mol. The molecule has 43 heavy (non-hydrogen) atoms. The maximum absolute atomic E-state index is 14.8. The summed E-state index contributed by atoms with van der Waals surface area (Å²) >= 11 is 7.75. The van der Waals surface area contributed by atoms with Gasteiger partial charge in [0.15, 0.2) is 0 Å². The van der Waals surface area contributed by atoms with Gasteiger partial charge in [-0.05, 0) is 68.9 Å². The van der Waals surface area contributed by atoms with Gasteiger partial charge in [0.1, 0.15) is 6.04 Å². The Morgan fingerprint density at radius 2 is 1.88 bits per heavy atom. The molecule has 2 unspecified atom stereocenters. The van der Waals surface area contributed by atoms with Gasteiger partial charge < -0.3 is 19.6 Å². The minimum Gasteiger partial charge on any atom is -0.465 e. The molecule has 7 nitrogen and oxygen atoms in total. The standard InChI is InChI=1S/C34H39ClN2O5S/c1-4-6-10-20-42-32(41)28-27-30(39)37(26(22-38)21-23-11-8-7-9-12-23)29(34(27)18-17-33(28,3)43-34)31(40)36(19-5-2)25-15-13-24(35)14-16-25/h4-5,7-9,11-16,26-29,38H,1-2,6,10,17-22H2,3H3/t26-,27+,28-,29?,33+,34?/m1/s1. The predicted octanol–water partition coefficient (Wildman–Crippen LogP) is 5.45. The van der Waals surface area contributed by atoms with Crippen molar-refractivity contribution in [3.05, 3.63) is 90.5 Å². The van der Waals surface area contributed by atoms with E-state index in [1.54, 1.807) is 58.0 Å². The number of ether oxygens (including phenoxy) is 1. The Hall–Kier alpha value is -3.07. The molecule has 2 aromatic carbocycles. The van der Waals surface area contributed by atoms with Crippen LogP contribution in [0.4, 0.5) is 5.69 Å². The molecule has 228 valence electrons. The summed E-state index contributed by atoms with van der Waals surface area (Å²) in [4.78, 5) is 46.4. The smallest absolute Gasteiger partial charge is 0.311 e. The molecule has 3 heterocycles. The number of hydrogen-bond donors (Lipinski definition) is 1. The van der Waals surface area contributed by atoms with Crippen molar-refractivity contribution in [2.45, 2.75) is 60.6 Å². The molecule has 3 aliphatic heterocycles. The molecule has 3 saturated heterocycles. The second-order valence-corrected chi connectivity index (χ2v) is 14.1. The number of likely N-dealkylation sites (tertiary alicyclic amines) is 1. The first-order chi connectivity index (χ1) is 20.7. The number of carbonyl (C=O) groups is 3. The van der Waals surface area contributed by atoms with Crippen LogP contribution in [0.15, 0.2) is 79.9 Å². The Labute approximate surface area is 262 Å². The lowest BCUT2D eigenvalue weighted by Gasteiger charge is -2.39. The third-order valence-electron chi connectivity index (χ3n) is 9.13. The number of amides is 2. The third kappa shape index (κ3) is 5.65. The average Bonchev–Trinajstić information content (AvgIpc) is 3.58. The molecule has 0 saturated carbocycles. The highest BCUT2D eigenvalue weighted by Crippen LogP contribution is 2.72. The number of rotatable bonds is 13. The van der Waals surface area contributed by atoms with Crippen molar-refractivity contribution in [2.75, 3.05) is 24.7 Å². The molecule has 2 amide bonds. The number of esters is 1. The summed E-state index contributed by atoms with van der Waals surface area (Å²) in [5, 5.41) is 11.3. The zero-order valence-electron chi connectivity index (χ0n) is 24.5. The highest BCUT2D eigenvalue weighted by Gasteiger charge is 2.78. The summed E-state index contributed by atoms with van der Waals surface area (Å²) in [6.07, 6.45) is 6.47. The lowest BCUT2D eigenvalue weighted by Crippen LogP contribution is -2.58. The normalized spacial score (nSPS) is 27.9. The first-order valence-corrected chi connectivity index (χ1v) is 16.0. The number of thioether (sulfide) groups is 1. The first kappa shape index (κ1) is 31.4. The number of unbranched alkanes of at least 4 members (excludes halogenated alkanes) is 1. The molecule has 0 aliphatic carbocycles. The van der Waals surface area contributed by atoms with E-state index in [9.17, 15) is 19.5 Å². The van der Waals surface area contributed by atoms with Gasteiger partial charge in [0.05, 0.1) is 35.8 Å². The van der Waals surface area contributed by atoms with Crippen molar-refractivity contribution in [3.63, 3.8) is 0 Å². The van der Waals surface area contributed by atoms with E-state index in [-0.39, 0.29) is 31.6 Å². The van der Waals surface area contributed by atoms with Crippen LogP contribution >= 0.6 is 23.4 Å². The second-order valence-electron chi connectivity index (χ2n) is 11.8. The predicted molar refractivity (Wildman–Crippen MR) is 171 cm³/mol. The van der Waals surface area contributed by atoms with E-state index in [2.05, 4.69) is 13.2 Å². The number of benzene rings is 2. The lowest BCUT2D eigenvalue weighted by atomic mass is 9.66. The van der Waals surface area contributed by atoms with Gasteiger partial charge in [-0.1, -0.05) is 54.1 Å². The Morgan fingerprint density at radius 3 is 2.53 bits per heavy atom. The zero-order valence-corrected chi connectivity index (χ0v) is 26.1. The van der Waals surface area contributed by atoms with E-state index in [0.717, 1.165) is 12.0 Å². The fraction of sp³-hybridized carbons (Fsp3) is 0.441. The van der Waals surface area contributed by atoms with Crippen molar-refractivity contribution < 1.29 is 24.2 Å². The highest BCUT2D eigenvalue weighted by molar-refractivity contribution is 8.02. The number of aliphatic hydroxyl groups is 1. The van der Waals surface area contributed by atoms with Crippen LogP contribution in [0.3, 0.4) is 0 Å². The largest absolute Gasteiger partial charge is 0.465 e. The monoisotopic (exact) mass is 622 g/mol. The summed E-state index contributed by atoms with van der Waals surface area (Å²) in [5.74, 6) is -2.36. The summed E-state index contributed by atoms with van der Waals surface area (Å²) < 4.78 is 4.35. The van der Waals surface area contributed by atoms with Crippen LogP contribution in [-0.4, -0.2) is 69.1 Å². The maximum Gasteiger partial charge on any atom is 0.311 e.